The first-order valence-electron chi connectivity index (χ1n) is 6.59. The van der Waals surface area contributed by atoms with Gasteiger partial charge in [-0.25, -0.2) is 0 Å². The summed E-state index contributed by atoms with van der Waals surface area (Å²) in [6.07, 6.45) is 17.7. The van der Waals surface area contributed by atoms with Crippen LogP contribution in [0.4, 0.5) is 0 Å². The quantitative estimate of drug-likeness (QED) is 0.343. The van der Waals surface area contributed by atoms with Crippen molar-refractivity contribution in [3.63, 3.8) is 0 Å². The van der Waals surface area contributed by atoms with Gasteiger partial charge in [0, 0.05) is 0 Å². The van der Waals surface area contributed by atoms with Gasteiger partial charge in [0.15, 0.2) is 0 Å². The second kappa shape index (κ2) is 13.5. The van der Waals surface area contributed by atoms with Crippen molar-refractivity contribution in [2.75, 3.05) is 7.11 Å². The molecule has 0 heterocycles. The first kappa shape index (κ1) is 14.5. The fourth-order valence-corrected chi connectivity index (χ4v) is 1.74. The highest BCUT2D eigenvalue weighted by molar-refractivity contribution is 4.72. The van der Waals surface area contributed by atoms with Crippen LogP contribution < -0.4 is 0 Å². The van der Waals surface area contributed by atoms with Gasteiger partial charge in [-0.3, -0.25) is 0 Å². The minimum absolute atomic E-state index is 1.17. The molecule has 0 radical (unpaired) electrons. The minimum Gasteiger partial charge on any atom is -0.505 e. The molecule has 0 aliphatic heterocycles. The summed E-state index contributed by atoms with van der Waals surface area (Å²) in [6, 6.07) is 0. The summed E-state index contributed by atoms with van der Waals surface area (Å²) in [5.41, 5.74) is 0. The van der Waals surface area contributed by atoms with Gasteiger partial charge in [-0.2, -0.15) is 0 Å². The zero-order chi connectivity index (χ0) is 11.2. The molecule has 0 aromatic rings. The van der Waals surface area contributed by atoms with Crippen LogP contribution in [0.3, 0.4) is 0 Å². The molecule has 0 amide bonds. The molecular formula is C14H28O. The summed E-state index contributed by atoms with van der Waals surface area (Å²) < 4.78 is 4.84. The van der Waals surface area contributed by atoms with Crippen LogP contribution in [-0.4, -0.2) is 7.11 Å². The molecule has 0 aliphatic carbocycles. The average molecular weight is 212 g/mol. The third-order valence-electron chi connectivity index (χ3n) is 2.71. The molecule has 1 nitrogen and oxygen atoms in total. The van der Waals surface area contributed by atoms with Gasteiger partial charge < -0.3 is 4.74 Å². The number of allylic oxidation sites excluding steroid dienone is 1. The van der Waals surface area contributed by atoms with Gasteiger partial charge in [0.1, 0.15) is 0 Å². The Balaban J connectivity index is 2.89. The zero-order valence-electron chi connectivity index (χ0n) is 10.6. The molecular weight excluding hydrogens is 184 g/mol. The lowest BCUT2D eigenvalue weighted by Gasteiger charge is -2.00. The van der Waals surface area contributed by atoms with E-state index in [1.165, 1.54) is 64.2 Å². The zero-order valence-corrected chi connectivity index (χ0v) is 10.6. The Kier molecular flexibility index (Phi) is 13.1. The van der Waals surface area contributed by atoms with Crippen LogP contribution in [0.25, 0.3) is 0 Å². The first-order chi connectivity index (χ1) is 7.41. The highest BCUT2D eigenvalue weighted by Gasteiger charge is 1.90. The van der Waals surface area contributed by atoms with E-state index in [0.717, 1.165) is 0 Å². The number of hydrogen-bond acceptors (Lipinski definition) is 1. The topological polar surface area (TPSA) is 9.23 Å². The van der Waals surface area contributed by atoms with Crippen LogP contribution >= 0.6 is 0 Å². The molecule has 0 spiro atoms. The van der Waals surface area contributed by atoms with Gasteiger partial charge in [-0.15, -0.1) is 0 Å². The predicted molar refractivity (Wildman–Crippen MR) is 68.0 cm³/mol. The summed E-state index contributed by atoms with van der Waals surface area (Å²) in [4.78, 5) is 0. The third-order valence-corrected chi connectivity index (χ3v) is 2.71. The number of hydrogen-bond donors (Lipinski definition) is 0. The van der Waals surface area contributed by atoms with Crippen LogP contribution in [0.2, 0.25) is 0 Å². The molecule has 0 saturated heterocycles. The van der Waals surface area contributed by atoms with E-state index >= 15 is 0 Å². The summed E-state index contributed by atoms with van der Waals surface area (Å²) in [5, 5.41) is 0. The highest BCUT2D eigenvalue weighted by Crippen LogP contribution is 2.10. The maximum absolute atomic E-state index is 4.84. The SMILES string of the molecule is CCCCCCCCCCC/C=C/OC. The minimum atomic E-state index is 1.17. The van der Waals surface area contributed by atoms with Crippen molar-refractivity contribution >= 4 is 0 Å². The van der Waals surface area contributed by atoms with E-state index in [9.17, 15) is 0 Å². The predicted octanol–water partition coefficient (Wildman–Crippen LogP) is 5.07. The average Bonchev–Trinajstić information content (AvgIpc) is 2.26. The molecule has 0 unspecified atom stereocenters. The smallest absolute Gasteiger partial charge is 0.0784 e. The van der Waals surface area contributed by atoms with Gasteiger partial charge in [0.2, 0.25) is 0 Å². The Hall–Kier alpha value is -0.460. The van der Waals surface area contributed by atoms with Crippen LogP contribution in [-0.2, 0) is 4.74 Å². The van der Waals surface area contributed by atoms with Gasteiger partial charge in [0.05, 0.1) is 13.4 Å². The molecule has 15 heavy (non-hydrogen) atoms. The Morgan fingerprint density at radius 3 is 1.87 bits per heavy atom. The van der Waals surface area contributed by atoms with Crippen LogP contribution in [0.5, 0.6) is 0 Å². The molecule has 0 aromatic heterocycles. The highest BCUT2D eigenvalue weighted by atomic mass is 16.5. The first-order valence-corrected chi connectivity index (χ1v) is 6.59. The van der Waals surface area contributed by atoms with E-state index < -0.39 is 0 Å². The number of ether oxygens (including phenoxy) is 1. The third kappa shape index (κ3) is 13.5. The summed E-state index contributed by atoms with van der Waals surface area (Å²) in [5.74, 6) is 0. The molecule has 0 bridgehead atoms. The molecule has 90 valence electrons. The van der Waals surface area contributed by atoms with Crippen molar-refractivity contribution in [1.29, 1.82) is 0 Å². The maximum atomic E-state index is 4.84. The molecule has 0 rings (SSSR count). The van der Waals surface area contributed by atoms with E-state index in [2.05, 4.69) is 13.0 Å². The standard InChI is InChI=1S/C14H28O/c1-3-4-5-6-7-8-9-10-11-12-13-14-15-2/h13-14H,3-12H2,1-2H3/b14-13+. The van der Waals surface area contributed by atoms with Gasteiger partial charge >= 0.3 is 0 Å². The number of rotatable bonds is 11. The van der Waals surface area contributed by atoms with Crippen LogP contribution in [0.1, 0.15) is 71.1 Å². The van der Waals surface area contributed by atoms with E-state index in [4.69, 9.17) is 4.74 Å². The Morgan fingerprint density at radius 1 is 0.800 bits per heavy atom. The van der Waals surface area contributed by atoms with E-state index in [0.29, 0.717) is 0 Å². The normalized spacial score (nSPS) is 11.1. The lowest BCUT2D eigenvalue weighted by atomic mass is 10.1. The van der Waals surface area contributed by atoms with Crippen LogP contribution in [0, 0.1) is 0 Å². The van der Waals surface area contributed by atoms with Gasteiger partial charge in [-0.1, -0.05) is 58.3 Å². The fourth-order valence-electron chi connectivity index (χ4n) is 1.74. The van der Waals surface area contributed by atoms with E-state index in [-0.39, 0.29) is 0 Å². The van der Waals surface area contributed by atoms with E-state index in [1.807, 2.05) is 0 Å². The molecule has 0 N–H and O–H groups in total. The molecule has 0 atom stereocenters. The van der Waals surface area contributed by atoms with Crippen molar-refractivity contribution in [1.82, 2.24) is 0 Å². The Labute approximate surface area is 95.9 Å². The van der Waals surface area contributed by atoms with Crippen molar-refractivity contribution < 1.29 is 4.74 Å². The second-order valence-electron chi connectivity index (χ2n) is 4.22. The lowest BCUT2D eigenvalue weighted by Crippen LogP contribution is -1.80. The molecule has 0 aliphatic rings. The van der Waals surface area contributed by atoms with Crippen molar-refractivity contribution in [2.45, 2.75) is 71.1 Å². The Morgan fingerprint density at radius 2 is 1.33 bits per heavy atom. The van der Waals surface area contributed by atoms with Gasteiger partial charge in [-0.05, 0) is 18.9 Å². The molecule has 0 fully saturated rings. The summed E-state index contributed by atoms with van der Waals surface area (Å²) in [6.45, 7) is 2.27. The largest absolute Gasteiger partial charge is 0.505 e. The second-order valence-corrected chi connectivity index (χ2v) is 4.22. The molecule has 1 heteroatoms. The lowest BCUT2D eigenvalue weighted by molar-refractivity contribution is 0.336. The van der Waals surface area contributed by atoms with Gasteiger partial charge in [0.25, 0.3) is 0 Å². The van der Waals surface area contributed by atoms with E-state index in [1.54, 1.807) is 13.4 Å². The summed E-state index contributed by atoms with van der Waals surface area (Å²) in [7, 11) is 1.70. The maximum Gasteiger partial charge on any atom is 0.0784 e. The molecule has 0 aromatic carbocycles. The monoisotopic (exact) mass is 212 g/mol. The Bertz CT molecular complexity index is 129. The number of methoxy groups -OCH3 is 1. The summed E-state index contributed by atoms with van der Waals surface area (Å²) >= 11 is 0. The molecule has 0 saturated carbocycles. The van der Waals surface area contributed by atoms with Crippen molar-refractivity contribution in [3.8, 4) is 0 Å². The fraction of sp³-hybridized carbons (Fsp3) is 0.857. The van der Waals surface area contributed by atoms with Crippen molar-refractivity contribution in [3.05, 3.63) is 12.3 Å². The van der Waals surface area contributed by atoms with Crippen molar-refractivity contribution in [2.24, 2.45) is 0 Å². The van der Waals surface area contributed by atoms with Crippen LogP contribution in [0.15, 0.2) is 12.3 Å². The number of unbranched alkanes of at least 4 members (excludes halogenated alkanes) is 9.